The lowest BCUT2D eigenvalue weighted by Crippen LogP contribution is -2.54. The molecule has 1 aromatic heterocycles. The molecule has 5 amide bonds. The van der Waals surface area contributed by atoms with Gasteiger partial charge < -0.3 is 0 Å². The zero-order valence-corrected chi connectivity index (χ0v) is 19.6. The van der Waals surface area contributed by atoms with Crippen LogP contribution in [-0.2, 0) is 9.59 Å². The first-order chi connectivity index (χ1) is 16.2. The highest BCUT2D eigenvalue weighted by atomic mass is 35.5. The number of hydrogen-bond acceptors (Lipinski definition) is 4. The molecule has 2 aromatic carbocycles. The number of nitrogens with zero attached hydrogens (tertiary/aromatic N) is 2. The molecule has 34 heavy (non-hydrogen) atoms. The van der Waals surface area contributed by atoms with Gasteiger partial charge in [0.15, 0.2) is 0 Å². The normalized spacial score (nSPS) is 15.0. The third-order valence-electron chi connectivity index (χ3n) is 5.27. The lowest BCUT2D eigenvalue weighted by Gasteiger charge is -2.27. The van der Waals surface area contributed by atoms with Crippen LogP contribution in [-0.4, -0.2) is 28.4 Å². The summed E-state index contributed by atoms with van der Waals surface area (Å²) in [6, 6.07) is 13.8. The Kier molecular flexibility index (Phi) is 6.28. The third-order valence-corrected chi connectivity index (χ3v) is 5.81. The van der Waals surface area contributed by atoms with Crippen molar-refractivity contribution in [1.29, 1.82) is 0 Å². The van der Waals surface area contributed by atoms with E-state index in [-0.39, 0.29) is 22.2 Å². The molecule has 1 fully saturated rings. The van der Waals surface area contributed by atoms with Crippen molar-refractivity contribution in [3.63, 3.8) is 0 Å². The second-order valence-corrected chi connectivity index (χ2v) is 8.37. The van der Waals surface area contributed by atoms with Gasteiger partial charge in [0.25, 0.3) is 17.7 Å². The SMILES string of the molecule is Cc1cc(/C=C2\C(=O)NC(=O)N(c3ccc(Cl)cc3Cl)C2=O)c(C)n1NC(=O)c1ccccc1. The number of carbonyl (C=O) groups excluding carboxylic acids is 4. The van der Waals surface area contributed by atoms with Crippen LogP contribution >= 0.6 is 23.2 Å². The topological polar surface area (TPSA) is 101 Å². The lowest BCUT2D eigenvalue weighted by molar-refractivity contribution is -0.122. The summed E-state index contributed by atoms with van der Waals surface area (Å²) in [5.74, 6) is -1.99. The first-order valence-corrected chi connectivity index (χ1v) is 10.8. The van der Waals surface area contributed by atoms with Gasteiger partial charge in [0, 0.05) is 22.0 Å². The Balaban J connectivity index is 1.68. The van der Waals surface area contributed by atoms with Crippen molar-refractivity contribution in [2.45, 2.75) is 13.8 Å². The highest BCUT2D eigenvalue weighted by Crippen LogP contribution is 2.31. The Morgan fingerprint density at radius 3 is 2.38 bits per heavy atom. The summed E-state index contributed by atoms with van der Waals surface area (Å²) in [5, 5.41) is 2.56. The molecule has 4 rings (SSSR count). The van der Waals surface area contributed by atoms with Crippen LogP contribution in [0.15, 0.2) is 60.2 Å². The highest BCUT2D eigenvalue weighted by Gasteiger charge is 2.38. The van der Waals surface area contributed by atoms with Gasteiger partial charge in [-0.2, -0.15) is 0 Å². The Morgan fingerprint density at radius 1 is 1.00 bits per heavy atom. The van der Waals surface area contributed by atoms with E-state index < -0.39 is 17.8 Å². The van der Waals surface area contributed by atoms with Gasteiger partial charge in [-0.3, -0.25) is 29.8 Å². The molecule has 3 aromatic rings. The Morgan fingerprint density at radius 2 is 1.71 bits per heavy atom. The Hall–Kier alpha value is -3.88. The summed E-state index contributed by atoms with van der Waals surface area (Å²) >= 11 is 12.1. The van der Waals surface area contributed by atoms with E-state index in [0.717, 1.165) is 4.90 Å². The van der Waals surface area contributed by atoms with Crippen molar-refractivity contribution < 1.29 is 19.2 Å². The average molecular weight is 497 g/mol. The number of amides is 5. The van der Waals surface area contributed by atoms with Crippen LogP contribution < -0.4 is 15.6 Å². The fourth-order valence-electron chi connectivity index (χ4n) is 3.56. The number of imide groups is 2. The number of anilines is 1. The number of nitrogens with one attached hydrogen (secondary N) is 2. The van der Waals surface area contributed by atoms with Crippen molar-refractivity contribution in [3.05, 3.63) is 92.7 Å². The molecule has 1 aliphatic rings. The van der Waals surface area contributed by atoms with Gasteiger partial charge in [-0.1, -0.05) is 41.4 Å². The summed E-state index contributed by atoms with van der Waals surface area (Å²) in [7, 11) is 0. The third kappa shape index (κ3) is 4.33. The second kappa shape index (κ2) is 9.17. The number of carbonyl (C=O) groups is 4. The van der Waals surface area contributed by atoms with Crippen LogP contribution in [0.2, 0.25) is 10.0 Å². The minimum Gasteiger partial charge on any atom is -0.273 e. The molecule has 0 aliphatic carbocycles. The fourth-order valence-corrected chi connectivity index (χ4v) is 4.05. The van der Waals surface area contributed by atoms with E-state index in [1.807, 2.05) is 6.07 Å². The van der Waals surface area contributed by atoms with E-state index in [1.54, 1.807) is 48.9 Å². The smallest absolute Gasteiger partial charge is 0.273 e. The van der Waals surface area contributed by atoms with Crippen LogP contribution in [0.4, 0.5) is 10.5 Å². The summed E-state index contributed by atoms with van der Waals surface area (Å²) in [4.78, 5) is 51.5. The summed E-state index contributed by atoms with van der Waals surface area (Å²) < 4.78 is 1.56. The molecule has 0 unspecified atom stereocenters. The number of urea groups is 1. The van der Waals surface area contributed by atoms with Gasteiger partial charge in [0.2, 0.25) is 0 Å². The number of aryl methyl sites for hydroxylation is 1. The number of aromatic nitrogens is 1. The second-order valence-electron chi connectivity index (χ2n) is 7.52. The molecule has 1 saturated heterocycles. The van der Waals surface area contributed by atoms with Gasteiger partial charge in [-0.15, -0.1) is 0 Å². The zero-order valence-electron chi connectivity index (χ0n) is 18.1. The van der Waals surface area contributed by atoms with E-state index >= 15 is 0 Å². The molecule has 2 heterocycles. The van der Waals surface area contributed by atoms with Crippen molar-refractivity contribution in [2.24, 2.45) is 0 Å². The summed E-state index contributed by atoms with van der Waals surface area (Å²) in [5.41, 5.74) is 4.87. The highest BCUT2D eigenvalue weighted by molar-refractivity contribution is 6.42. The predicted molar refractivity (Wildman–Crippen MR) is 130 cm³/mol. The van der Waals surface area contributed by atoms with Gasteiger partial charge >= 0.3 is 6.03 Å². The molecular formula is C24H18Cl2N4O4. The van der Waals surface area contributed by atoms with Crippen LogP contribution in [0.25, 0.3) is 6.08 Å². The zero-order chi connectivity index (χ0) is 24.6. The minimum absolute atomic E-state index is 0.0755. The van der Waals surface area contributed by atoms with E-state index in [0.29, 0.717) is 27.5 Å². The van der Waals surface area contributed by atoms with Crippen molar-refractivity contribution in [1.82, 2.24) is 9.99 Å². The first-order valence-electron chi connectivity index (χ1n) is 10.1. The number of benzene rings is 2. The lowest BCUT2D eigenvalue weighted by atomic mass is 10.1. The predicted octanol–water partition coefficient (Wildman–Crippen LogP) is 4.46. The molecule has 0 spiro atoms. The number of rotatable bonds is 4. The maximum Gasteiger partial charge on any atom is 0.335 e. The van der Waals surface area contributed by atoms with E-state index in [4.69, 9.17) is 23.2 Å². The van der Waals surface area contributed by atoms with E-state index in [2.05, 4.69) is 10.7 Å². The number of halogens is 2. The van der Waals surface area contributed by atoms with Crippen molar-refractivity contribution >= 4 is 58.7 Å². The van der Waals surface area contributed by atoms with Gasteiger partial charge in [0.1, 0.15) is 5.57 Å². The molecular weight excluding hydrogens is 479 g/mol. The molecule has 0 radical (unpaired) electrons. The Labute approximate surface area is 204 Å². The molecule has 0 saturated carbocycles. The quantitative estimate of drug-likeness (QED) is 0.411. The molecule has 10 heteroatoms. The van der Waals surface area contributed by atoms with E-state index in [9.17, 15) is 19.2 Å². The fraction of sp³-hybridized carbons (Fsp3) is 0.0833. The van der Waals surface area contributed by atoms with Gasteiger partial charge in [-0.25, -0.2) is 9.69 Å². The number of hydrogen-bond donors (Lipinski definition) is 2. The minimum atomic E-state index is -0.919. The molecule has 8 nitrogen and oxygen atoms in total. The molecule has 0 bridgehead atoms. The van der Waals surface area contributed by atoms with Crippen LogP contribution in [0.3, 0.4) is 0 Å². The monoisotopic (exact) mass is 496 g/mol. The molecule has 1 aliphatic heterocycles. The molecule has 172 valence electrons. The van der Waals surface area contributed by atoms with Gasteiger partial charge in [0.05, 0.1) is 10.7 Å². The molecule has 0 atom stereocenters. The van der Waals surface area contributed by atoms with E-state index in [1.165, 1.54) is 24.3 Å². The van der Waals surface area contributed by atoms with Crippen LogP contribution in [0.5, 0.6) is 0 Å². The van der Waals surface area contributed by atoms with Crippen molar-refractivity contribution in [2.75, 3.05) is 10.3 Å². The first kappa shape index (κ1) is 23.3. The largest absolute Gasteiger partial charge is 0.335 e. The molecule has 2 N–H and O–H groups in total. The summed E-state index contributed by atoms with van der Waals surface area (Å²) in [6.45, 7) is 3.50. The van der Waals surface area contributed by atoms with Crippen LogP contribution in [0.1, 0.15) is 27.3 Å². The summed E-state index contributed by atoms with van der Waals surface area (Å²) in [6.07, 6.45) is 1.37. The Bertz CT molecular complexity index is 1380. The maximum atomic E-state index is 13.2. The number of barbiturate groups is 1. The average Bonchev–Trinajstić information content (AvgIpc) is 3.05. The standard InChI is InChI=1S/C24H18Cl2N4O4/c1-13-10-16(14(2)30(13)28-21(31)15-6-4-3-5-7-15)11-18-22(32)27-24(34)29(23(18)33)20-9-8-17(25)12-19(20)26/h3-12H,1-2H3,(H,28,31)(H,27,32,34)/b18-11+. The maximum absolute atomic E-state index is 13.2. The van der Waals surface area contributed by atoms with Crippen molar-refractivity contribution in [3.8, 4) is 0 Å². The van der Waals surface area contributed by atoms with Gasteiger partial charge in [-0.05, 0) is 61.9 Å². The van der Waals surface area contributed by atoms with Crippen LogP contribution in [0, 0.1) is 13.8 Å².